The number of imidazole rings is 1. The Hall–Kier alpha value is -2.62. The maximum atomic E-state index is 12.9. The lowest BCUT2D eigenvalue weighted by molar-refractivity contribution is -0.147. The fraction of sp³-hybridized carbons (Fsp3) is 0.267. The largest absolute Gasteiger partial charge is 0.508 e. The second-order valence-corrected chi connectivity index (χ2v) is 6.54. The topological polar surface area (TPSA) is 67.1 Å². The number of halogens is 3. The summed E-state index contributed by atoms with van der Waals surface area (Å²) in [6.07, 6.45) is -3.19. The minimum Gasteiger partial charge on any atom is -0.508 e. The first-order valence-electron chi connectivity index (χ1n) is 7.41. The molecule has 0 saturated heterocycles. The smallest absolute Gasteiger partial charge is 0.449 e. The molecule has 3 heterocycles. The Kier molecular flexibility index (Phi) is 3.64. The first-order valence-corrected chi connectivity index (χ1v) is 8.23. The van der Waals surface area contributed by atoms with E-state index in [-0.39, 0.29) is 12.3 Å². The molecule has 0 bridgehead atoms. The van der Waals surface area contributed by atoms with Gasteiger partial charge >= 0.3 is 6.18 Å². The van der Waals surface area contributed by atoms with Crippen molar-refractivity contribution < 1.29 is 18.3 Å². The van der Waals surface area contributed by atoms with Gasteiger partial charge in [0.05, 0.1) is 18.4 Å². The van der Waals surface area contributed by atoms with Gasteiger partial charge in [0, 0.05) is 18.7 Å². The van der Waals surface area contributed by atoms with Crippen LogP contribution < -0.4 is 4.90 Å². The number of aromatic hydroxyl groups is 1. The van der Waals surface area contributed by atoms with Crippen LogP contribution in [0.2, 0.25) is 0 Å². The Balaban J connectivity index is 1.57. The first kappa shape index (κ1) is 15.9. The molecule has 0 atom stereocenters. The van der Waals surface area contributed by atoms with E-state index in [1.807, 2.05) is 4.90 Å². The third kappa shape index (κ3) is 2.93. The van der Waals surface area contributed by atoms with E-state index in [1.165, 1.54) is 22.1 Å². The highest BCUT2D eigenvalue weighted by Gasteiger charge is 2.38. The summed E-state index contributed by atoms with van der Waals surface area (Å²) in [5.41, 5.74) is 1.32. The average molecular weight is 367 g/mol. The van der Waals surface area contributed by atoms with Crippen LogP contribution in [0.3, 0.4) is 0 Å². The predicted octanol–water partition coefficient (Wildman–Crippen LogP) is 3.15. The molecular formula is C15H12F3N5OS. The van der Waals surface area contributed by atoms with E-state index in [4.69, 9.17) is 0 Å². The average Bonchev–Trinajstić information content (AvgIpc) is 3.21. The standard InChI is InChI=1S/C15H12F3N5OS/c16-15(17,18)13-19-7-10-8-22(5-6-23(10)13)14-21-20-12(25-14)9-1-3-11(24)4-2-9/h1-4,7,24H,5-6,8H2. The minimum atomic E-state index is -4.45. The molecule has 0 fully saturated rings. The van der Waals surface area contributed by atoms with Crippen LogP contribution >= 0.6 is 11.3 Å². The molecule has 0 unspecified atom stereocenters. The van der Waals surface area contributed by atoms with Crippen LogP contribution in [-0.2, 0) is 19.3 Å². The van der Waals surface area contributed by atoms with Crippen LogP contribution in [0.1, 0.15) is 11.5 Å². The van der Waals surface area contributed by atoms with Crippen LogP contribution in [-0.4, -0.2) is 31.4 Å². The van der Waals surface area contributed by atoms with Gasteiger partial charge in [-0.2, -0.15) is 13.2 Å². The van der Waals surface area contributed by atoms with Gasteiger partial charge in [-0.25, -0.2) is 4.98 Å². The molecule has 0 saturated carbocycles. The SMILES string of the molecule is Oc1ccc(-c2nnc(N3CCn4c(cnc4C(F)(F)F)C3)s2)cc1. The van der Waals surface area contributed by atoms with E-state index in [0.29, 0.717) is 28.9 Å². The van der Waals surface area contributed by atoms with Crippen molar-refractivity contribution in [1.29, 1.82) is 0 Å². The van der Waals surface area contributed by atoms with Gasteiger partial charge in [-0.15, -0.1) is 10.2 Å². The number of phenols is 1. The molecule has 0 amide bonds. The number of hydrogen-bond acceptors (Lipinski definition) is 6. The molecule has 1 aliphatic heterocycles. The summed E-state index contributed by atoms with van der Waals surface area (Å²) < 4.78 is 39.9. The molecule has 1 aliphatic rings. The van der Waals surface area contributed by atoms with Crippen LogP contribution in [0.5, 0.6) is 5.75 Å². The molecule has 3 aromatic rings. The van der Waals surface area contributed by atoms with E-state index in [0.717, 1.165) is 5.56 Å². The highest BCUT2D eigenvalue weighted by Crippen LogP contribution is 2.34. The highest BCUT2D eigenvalue weighted by molar-refractivity contribution is 7.18. The van der Waals surface area contributed by atoms with Gasteiger partial charge in [0.1, 0.15) is 10.8 Å². The number of aromatic nitrogens is 4. The summed E-state index contributed by atoms with van der Waals surface area (Å²) in [6.45, 7) is 0.891. The third-order valence-electron chi connectivity index (χ3n) is 3.94. The van der Waals surface area contributed by atoms with Crippen molar-refractivity contribution in [2.24, 2.45) is 0 Å². The maximum Gasteiger partial charge on any atom is 0.449 e. The summed E-state index contributed by atoms with van der Waals surface area (Å²) in [6, 6.07) is 6.60. The molecule has 2 aromatic heterocycles. The molecule has 1 aromatic carbocycles. The molecule has 6 nitrogen and oxygen atoms in total. The van der Waals surface area contributed by atoms with E-state index < -0.39 is 12.0 Å². The molecule has 0 radical (unpaired) electrons. The number of benzene rings is 1. The van der Waals surface area contributed by atoms with Crippen LogP contribution in [0.25, 0.3) is 10.6 Å². The second-order valence-electron chi connectivity index (χ2n) is 5.58. The number of fused-ring (bicyclic) bond motifs is 1. The molecule has 1 N–H and O–H groups in total. The van der Waals surface area contributed by atoms with Crippen molar-refractivity contribution in [2.75, 3.05) is 11.4 Å². The lowest BCUT2D eigenvalue weighted by Crippen LogP contribution is -2.34. The van der Waals surface area contributed by atoms with Crippen molar-refractivity contribution in [3.63, 3.8) is 0 Å². The Morgan fingerprint density at radius 3 is 2.56 bits per heavy atom. The Labute approximate surface area is 144 Å². The van der Waals surface area contributed by atoms with E-state index in [9.17, 15) is 18.3 Å². The van der Waals surface area contributed by atoms with Crippen LogP contribution in [0.4, 0.5) is 18.3 Å². The van der Waals surface area contributed by atoms with Crippen molar-refractivity contribution in [2.45, 2.75) is 19.3 Å². The van der Waals surface area contributed by atoms with E-state index >= 15 is 0 Å². The zero-order chi connectivity index (χ0) is 17.6. The van der Waals surface area contributed by atoms with Gasteiger partial charge in [-0.05, 0) is 24.3 Å². The van der Waals surface area contributed by atoms with E-state index in [2.05, 4.69) is 15.2 Å². The molecule has 10 heteroatoms. The lowest BCUT2D eigenvalue weighted by Gasteiger charge is -2.28. The molecule has 25 heavy (non-hydrogen) atoms. The molecule has 4 rings (SSSR count). The monoisotopic (exact) mass is 367 g/mol. The quantitative estimate of drug-likeness (QED) is 0.754. The van der Waals surface area contributed by atoms with Gasteiger partial charge in [-0.1, -0.05) is 11.3 Å². The highest BCUT2D eigenvalue weighted by atomic mass is 32.1. The van der Waals surface area contributed by atoms with Gasteiger partial charge in [-0.3, -0.25) is 0 Å². The summed E-state index contributed by atoms with van der Waals surface area (Å²) >= 11 is 1.36. The van der Waals surface area contributed by atoms with Crippen molar-refractivity contribution in [3.05, 3.63) is 42.0 Å². The lowest BCUT2D eigenvalue weighted by atomic mass is 10.2. The molecular weight excluding hydrogens is 355 g/mol. The van der Waals surface area contributed by atoms with E-state index in [1.54, 1.807) is 24.3 Å². The van der Waals surface area contributed by atoms with Crippen molar-refractivity contribution >= 4 is 16.5 Å². The normalized spacial score (nSPS) is 14.6. The number of hydrogen-bond donors (Lipinski definition) is 1. The van der Waals surface area contributed by atoms with Crippen LogP contribution in [0, 0.1) is 0 Å². The summed E-state index contributed by atoms with van der Waals surface area (Å²) in [4.78, 5) is 5.40. The van der Waals surface area contributed by atoms with Gasteiger partial charge in [0.15, 0.2) is 0 Å². The van der Waals surface area contributed by atoms with Crippen molar-refractivity contribution in [3.8, 4) is 16.3 Å². The van der Waals surface area contributed by atoms with Gasteiger partial charge in [0.25, 0.3) is 0 Å². The Morgan fingerprint density at radius 2 is 1.84 bits per heavy atom. The number of anilines is 1. The number of phenolic OH excluding ortho intramolecular Hbond substituents is 1. The number of nitrogens with zero attached hydrogens (tertiary/aromatic N) is 5. The fourth-order valence-corrected chi connectivity index (χ4v) is 3.61. The Bertz CT molecular complexity index is 903. The second kappa shape index (κ2) is 5.73. The first-order chi connectivity index (χ1) is 11.9. The molecule has 130 valence electrons. The molecule has 0 aliphatic carbocycles. The zero-order valence-corrected chi connectivity index (χ0v) is 13.5. The third-order valence-corrected chi connectivity index (χ3v) is 4.97. The Morgan fingerprint density at radius 1 is 1.08 bits per heavy atom. The number of rotatable bonds is 2. The summed E-state index contributed by atoms with van der Waals surface area (Å²) in [5.74, 6) is -0.692. The fourth-order valence-electron chi connectivity index (χ4n) is 2.74. The van der Waals surface area contributed by atoms with Gasteiger partial charge in [0.2, 0.25) is 11.0 Å². The zero-order valence-electron chi connectivity index (χ0n) is 12.7. The summed E-state index contributed by atoms with van der Waals surface area (Å²) in [7, 11) is 0. The maximum absolute atomic E-state index is 12.9. The minimum absolute atomic E-state index is 0.165. The number of alkyl halides is 3. The van der Waals surface area contributed by atoms with Crippen LogP contribution in [0.15, 0.2) is 30.5 Å². The predicted molar refractivity (Wildman–Crippen MR) is 85.3 cm³/mol. The molecule has 0 spiro atoms. The van der Waals surface area contributed by atoms with Crippen molar-refractivity contribution in [1.82, 2.24) is 19.7 Å². The summed E-state index contributed by atoms with van der Waals surface area (Å²) in [5, 5.41) is 18.9. The van der Waals surface area contributed by atoms with Gasteiger partial charge < -0.3 is 14.6 Å².